The van der Waals surface area contributed by atoms with E-state index in [1.165, 1.54) is 24.8 Å². The van der Waals surface area contributed by atoms with Crippen LogP contribution < -0.4 is 5.32 Å². The Balaban J connectivity index is 0.00000180. The van der Waals surface area contributed by atoms with E-state index in [1.54, 1.807) is 0 Å². The third-order valence-electron chi connectivity index (χ3n) is 4.43. The van der Waals surface area contributed by atoms with Crippen LogP contribution in [0.25, 0.3) is 0 Å². The molecule has 0 aromatic heterocycles. The van der Waals surface area contributed by atoms with Crippen LogP contribution in [0.2, 0.25) is 0 Å². The third-order valence-corrected chi connectivity index (χ3v) is 4.43. The molecular formula is C17H28ClN. The molecule has 3 atom stereocenters. The molecule has 2 rings (SSSR count). The van der Waals surface area contributed by atoms with Gasteiger partial charge in [-0.05, 0) is 36.2 Å². The maximum atomic E-state index is 3.80. The maximum absolute atomic E-state index is 3.80. The lowest BCUT2D eigenvalue weighted by Gasteiger charge is -2.38. The predicted molar refractivity (Wildman–Crippen MR) is 85.7 cm³/mol. The highest BCUT2D eigenvalue weighted by atomic mass is 35.5. The van der Waals surface area contributed by atoms with Crippen molar-refractivity contribution in [2.75, 3.05) is 0 Å². The summed E-state index contributed by atoms with van der Waals surface area (Å²) >= 11 is 0. The Labute approximate surface area is 124 Å². The SMILES string of the molecule is CC1CCC(C(C)C)C(NCc2ccccc2)C1.Cl. The van der Waals surface area contributed by atoms with Crippen molar-refractivity contribution in [2.45, 2.75) is 52.6 Å². The van der Waals surface area contributed by atoms with Gasteiger partial charge in [-0.15, -0.1) is 12.4 Å². The zero-order valence-corrected chi connectivity index (χ0v) is 13.2. The van der Waals surface area contributed by atoms with Crippen molar-refractivity contribution in [3.05, 3.63) is 35.9 Å². The first-order valence-electron chi connectivity index (χ1n) is 7.44. The minimum Gasteiger partial charge on any atom is -0.310 e. The Hall–Kier alpha value is -0.530. The molecule has 1 aromatic rings. The molecule has 0 aliphatic heterocycles. The van der Waals surface area contributed by atoms with Crippen LogP contribution in [0.4, 0.5) is 0 Å². The summed E-state index contributed by atoms with van der Waals surface area (Å²) in [5, 5.41) is 3.80. The van der Waals surface area contributed by atoms with Crippen molar-refractivity contribution in [2.24, 2.45) is 17.8 Å². The van der Waals surface area contributed by atoms with E-state index in [2.05, 4.69) is 56.4 Å². The first-order chi connectivity index (χ1) is 8.66. The van der Waals surface area contributed by atoms with Gasteiger partial charge in [-0.25, -0.2) is 0 Å². The molecule has 19 heavy (non-hydrogen) atoms. The van der Waals surface area contributed by atoms with E-state index in [0.717, 1.165) is 24.3 Å². The normalized spacial score (nSPS) is 27.1. The van der Waals surface area contributed by atoms with Gasteiger partial charge < -0.3 is 5.32 Å². The highest BCUT2D eigenvalue weighted by Crippen LogP contribution is 2.33. The minimum atomic E-state index is 0. The lowest BCUT2D eigenvalue weighted by Crippen LogP contribution is -2.42. The summed E-state index contributed by atoms with van der Waals surface area (Å²) in [5.41, 5.74) is 1.40. The zero-order valence-electron chi connectivity index (χ0n) is 12.4. The molecule has 1 saturated carbocycles. The first kappa shape index (κ1) is 16.5. The van der Waals surface area contributed by atoms with Gasteiger partial charge in [-0.2, -0.15) is 0 Å². The van der Waals surface area contributed by atoms with Crippen LogP contribution in [0.1, 0.15) is 45.6 Å². The standard InChI is InChI=1S/C17H27N.ClH/c1-13(2)16-10-9-14(3)11-17(16)18-12-15-7-5-4-6-8-15;/h4-8,13-14,16-18H,9-12H2,1-3H3;1H. The number of halogens is 1. The summed E-state index contributed by atoms with van der Waals surface area (Å²) < 4.78 is 0. The van der Waals surface area contributed by atoms with Crippen molar-refractivity contribution in [1.29, 1.82) is 0 Å². The predicted octanol–water partition coefficient (Wildman–Crippen LogP) is 4.66. The number of hydrogen-bond donors (Lipinski definition) is 1. The lowest BCUT2D eigenvalue weighted by molar-refractivity contribution is 0.169. The molecule has 1 fully saturated rings. The van der Waals surface area contributed by atoms with Crippen LogP contribution in [0.15, 0.2) is 30.3 Å². The Kier molecular flexibility index (Phi) is 6.88. The summed E-state index contributed by atoms with van der Waals surface area (Å²) in [7, 11) is 0. The van der Waals surface area contributed by atoms with Crippen molar-refractivity contribution in [3.8, 4) is 0 Å². The molecule has 1 nitrogen and oxygen atoms in total. The smallest absolute Gasteiger partial charge is 0.0208 e. The molecule has 0 bridgehead atoms. The Bertz CT molecular complexity index is 350. The second-order valence-electron chi connectivity index (χ2n) is 6.30. The summed E-state index contributed by atoms with van der Waals surface area (Å²) in [6.45, 7) is 8.16. The summed E-state index contributed by atoms with van der Waals surface area (Å²) in [6.07, 6.45) is 4.15. The summed E-state index contributed by atoms with van der Waals surface area (Å²) in [6, 6.07) is 11.5. The molecule has 1 aromatic carbocycles. The van der Waals surface area contributed by atoms with Gasteiger partial charge in [0.2, 0.25) is 0 Å². The van der Waals surface area contributed by atoms with Gasteiger partial charge in [0.1, 0.15) is 0 Å². The van der Waals surface area contributed by atoms with Gasteiger partial charge in [-0.3, -0.25) is 0 Å². The number of rotatable bonds is 4. The molecule has 108 valence electrons. The quantitative estimate of drug-likeness (QED) is 0.846. The molecule has 3 unspecified atom stereocenters. The molecule has 1 aliphatic rings. The van der Waals surface area contributed by atoms with Gasteiger partial charge >= 0.3 is 0 Å². The van der Waals surface area contributed by atoms with Crippen LogP contribution >= 0.6 is 12.4 Å². The first-order valence-corrected chi connectivity index (χ1v) is 7.44. The topological polar surface area (TPSA) is 12.0 Å². The second-order valence-corrected chi connectivity index (χ2v) is 6.30. The molecule has 2 heteroatoms. The summed E-state index contributed by atoms with van der Waals surface area (Å²) in [4.78, 5) is 0. The van der Waals surface area contributed by atoms with E-state index in [4.69, 9.17) is 0 Å². The van der Waals surface area contributed by atoms with Crippen LogP contribution in [-0.4, -0.2) is 6.04 Å². The van der Waals surface area contributed by atoms with Crippen LogP contribution in [0, 0.1) is 17.8 Å². The molecule has 0 saturated heterocycles. The van der Waals surface area contributed by atoms with Crippen molar-refractivity contribution in [1.82, 2.24) is 5.32 Å². The molecule has 0 amide bonds. The van der Waals surface area contributed by atoms with Gasteiger partial charge in [0.05, 0.1) is 0 Å². The van der Waals surface area contributed by atoms with E-state index >= 15 is 0 Å². The number of hydrogen-bond acceptors (Lipinski definition) is 1. The average Bonchev–Trinajstić information content (AvgIpc) is 2.37. The molecular weight excluding hydrogens is 254 g/mol. The van der Waals surface area contributed by atoms with Crippen LogP contribution in [0.5, 0.6) is 0 Å². The van der Waals surface area contributed by atoms with E-state index in [0.29, 0.717) is 6.04 Å². The molecule has 1 aliphatic carbocycles. The fourth-order valence-corrected chi connectivity index (χ4v) is 3.28. The van der Waals surface area contributed by atoms with E-state index in [9.17, 15) is 0 Å². The van der Waals surface area contributed by atoms with Crippen molar-refractivity contribution >= 4 is 12.4 Å². The molecule has 0 heterocycles. The van der Waals surface area contributed by atoms with E-state index in [1.807, 2.05) is 0 Å². The highest BCUT2D eigenvalue weighted by molar-refractivity contribution is 5.85. The Morgan fingerprint density at radius 2 is 1.84 bits per heavy atom. The van der Waals surface area contributed by atoms with E-state index in [-0.39, 0.29) is 12.4 Å². The zero-order chi connectivity index (χ0) is 13.0. The van der Waals surface area contributed by atoms with Crippen molar-refractivity contribution in [3.63, 3.8) is 0 Å². The van der Waals surface area contributed by atoms with Crippen LogP contribution in [-0.2, 0) is 6.54 Å². The van der Waals surface area contributed by atoms with Gasteiger partial charge in [-0.1, -0.05) is 57.5 Å². The van der Waals surface area contributed by atoms with Gasteiger partial charge in [0, 0.05) is 12.6 Å². The second kappa shape index (κ2) is 7.91. The highest BCUT2D eigenvalue weighted by Gasteiger charge is 2.29. The Morgan fingerprint density at radius 3 is 2.47 bits per heavy atom. The fraction of sp³-hybridized carbons (Fsp3) is 0.647. The van der Waals surface area contributed by atoms with E-state index < -0.39 is 0 Å². The monoisotopic (exact) mass is 281 g/mol. The minimum absolute atomic E-state index is 0. The Morgan fingerprint density at radius 1 is 1.16 bits per heavy atom. The van der Waals surface area contributed by atoms with Crippen LogP contribution in [0.3, 0.4) is 0 Å². The number of nitrogens with one attached hydrogen (secondary N) is 1. The molecule has 0 radical (unpaired) electrons. The number of benzene rings is 1. The average molecular weight is 282 g/mol. The molecule has 1 N–H and O–H groups in total. The van der Waals surface area contributed by atoms with Gasteiger partial charge in [0.15, 0.2) is 0 Å². The summed E-state index contributed by atoms with van der Waals surface area (Å²) in [5.74, 6) is 2.53. The van der Waals surface area contributed by atoms with Crippen molar-refractivity contribution < 1.29 is 0 Å². The molecule has 0 spiro atoms. The van der Waals surface area contributed by atoms with Gasteiger partial charge in [0.25, 0.3) is 0 Å². The largest absolute Gasteiger partial charge is 0.310 e. The fourth-order valence-electron chi connectivity index (χ4n) is 3.28. The third kappa shape index (κ3) is 4.81. The maximum Gasteiger partial charge on any atom is 0.0208 e. The lowest BCUT2D eigenvalue weighted by atomic mass is 9.74.